The molecule has 0 aliphatic rings. The van der Waals surface area contributed by atoms with Crippen molar-refractivity contribution in [3.8, 4) is 0 Å². The van der Waals surface area contributed by atoms with Crippen molar-refractivity contribution in [2.45, 2.75) is 46.9 Å². The number of benzene rings is 2. The van der Waals surface area contributed by atoms with Gasteiger partial charge < -0.3 is 15.1 Å². The van der Waals surface area contributed by atoms with Crippen LogP contribution < -0.4 is 0 Å². The van der Waals surface area contributed by atoms with Crippen molar-refractivity contribution < 1.29 is 37.8 Å². The highest BCUT2D eigenvalue weighted by Gasteiger charge is 2.43. The molecule has 0 saturated heterocycles. The SMILES string of the molecule is Cc1cccc(Cc2ccc(C(=O)O)cc2C(=O)O)c1CON=C(C(C)(C)C)C(F)(F)F. The van der Waals surface area contributed by atoms with Crippen molar-refractivity contribution in [1.82, 2.24) is 0 Å². The van der Waals surface area contributed by atoms with Gasteiger partial charge in [0.05, 0.1) is 11.1 Å². The summed E-state index contributed by atoms with van der Waals surface area (Å²) in [5.74, 6) is -2.53. The fourth-order valence-electron chi connectivity index (χ4n) is 3.18. The lowest BCUT2D eigenvalue weighted by molar-refractivity contribution is -0.0695. The van der Waals surface area contributed by atoms with Crippen LogP contribution in [0.15, 0.2) is 41.6 Å². The summed E-state index contributed by atoms with van der Waals surface area (Å²) in [6.45, 7) is 5.67. The molecule has 0 heterocycles. The topological polar surface area (TPSA) is 96.2 Å². The zero-order valence-corrected chi connectivity index (χ0v) is 18.1. The number of halogens is 3. The van der Waals surface area contributed by atoms with E-state index < -0.39 is 29.2 Å². The Balaban J connectivity index is 2.38. The second-order valence-corrected chi connectivity index (χ2v) is 8.33. The number of carboxylic acids is 2. The molecule has 0 aliphatic heterocycles. The number of hydrogen-bond acceptors (Lipinski definition) is 4. The highest BCUT2D eigenvalue weighted by molar-refractivity contribution is 5.95. The van der Waals surface area contributed by atoms with Crippen molar-refractivity contribution >= 4 is 17.7 Å². The van der Waals surface area contributed by atoms with Crippen LogP contribution in [0, 0.1) is 12.3 Å². The Morgan fingerprint density at radius 1 is 1.00 bits per heavy atom. The van der Waals surface area contributed by atoms with Crippen molar-refractivity contribution in [2.24, 2.45) is 10.6 Å². The van der Waals surface area contributed by atoms with Crippen molar-refractivity contribution in [3.05, 3.63) is 69.8 Å². The van der Waals surface area contributed by atoms with Gasteiger partial charge in [0.15, 0.2) is 5.71 Å². The van der Waals surface area contributed by atoms with E-state index in [0.29, 0.717) is 16.7 Å². The number of carbonyl (C=O) groups is 2. The molecule has 0 atom stereocenters. The second kappa shape index (κ2) is 9.42. The van der Waals surface area contributed by atoms with Crippen LogP contribution in [-0.2, 0) is 17.9 Å². The Hall–Kier alpha value is -3.36. The predicted molar refractivity (Wildman–Crippen MR) is 112 cm³/mol. The molecular formula is C23H24F3NO5. The number of nitrogens with zero attached hydrogens (tertiary/aromatic N) is 1. The van der Waals surface area contributed by atoms with Gasteiger partial charge in [0.2, 0.25) is 0 Å². The summed E-state index contributed by atoms with van der Waals surface area (Å²) in [6.07, 6.45) is -4.52. The minimum Gasteiger partial charge on any atom is -0.478 e. The van der Waals surface area contributed by atoms with Crippen LogP contribution in [0.3, 0.4) is 0 Å². The molecule has 0 radical (unpaired) electrons. The molecule has 0 bridgehead atoms. The van der Waals surface area contributed by atoms with E-state index in [1.54, 1.807) is 25.1 Å². The monoisotopic (exact) mass is 451 g/mol. The summed E-state index contributed by atoms with van der Waals surface area (Å²) in [5, 5.41) is 22.0. The predicted octanol–water partition coefficient (Wildman–Crippen LogP) is 5.46. The molecule has 172 valence electrons. The lowest BCUT2D eigenvalue weighted by atomic mass is 9.90. The number of alkyl halides is 3. The third kappa shape index (κ3) is 6.09. The first-order valence-corrected chi connectivity index (χ1v) is 9.66. The minimum absolute atomic E-state index is 0.122. The molecular weight excluding hydrogens is 427 g/mol. The summed E-state index contributed by atoms with van der Waals surface area (Å²) in [7, 11) is 0. The molecule has 0 spiro atoms. The van der Waals surface area contributed by atoms with Crippen LogP contribution in [0.25, 0.3) is 0 Å². The Labute approximate surface area is 183 Å². The molecule has 32 heavy (non-hydrogen) atoms. The largest absolute Gasteiger partial charge is 0.478 e. The molecule has 0 fully saturated rings. The highest BCUT2D eigenvalue weighted by atomic mass is 19.4. The first-order valence-electron chi connectivity index (χ1n) is 9.66. The molecule has 2 aromatic carbocycles. The molecule has 0 amide bonds. The van der Waals surface area contributed by atoms with Gasteiger partial charge in [0.1, 0.15) is 6.61 Å². The zero-order valence-electron chi connectivity index (χ0n) is 18.1. The maximum absolute atomic E-state index is 13.3. The van der Waals surface area contributed by atoms with E-state index in [1.807, 2.05) is 0 Å². The van der Waals surface area contributed by atoms with Gasteiger partial charge in [-0.05, 0) is 47.7 Å². The summed E-state index contributed by atoms with van der Waals surface area (Å²) in [4.78, 5) is 27.9. The fraction of sp³-hybridized carbons (Fsp3) is 0.348. The fourth-order valence-corrected chi connectivity index (χ4v) is 3.18. The van der Waals surface area contributed by atoms with Gasteiger partial charge in [0.25, 0.3) is 0 Å². The van der Waals surface area contributed by atoms with Crippen LogP contribution in [-0.4, -0.2) is 34.0 Å². The third-order valence-electron chi connectivity index (χ3n) is 4.82. The molecule has 2 N–H and O–H groups in total. The Bertz CT molecular complexity index is 1040. The lowest BCUT2D eigenvalue weighted by Gasteiger charge is -2.22. The summed E-state index contributed by atoms with van der Waals surface area (Å²) in [5.41, 5.74) is -0.323. The maximum atomic E-state index is 13.3. The van der Waals surface area contributed by atoms with Crippen LogP contribution in [0.1, 0.15) is 63.7 Å². The Morgan fingerprint density at radius 3 is 2.19 bits per heavy atom. The summed E-state index contributed by atoms with van der Waals surface area (Å²) >= 11 is 0. The van der Waals surface area contributed by atoms with Gasteiger partial charge in [-0.25, -0.2) is 9.59 Å². The normalized spacial score (nSPS) is 12.5. The standard InChI is InChI=1S/C23H24F3NO5/c1-13-6-5-7-14(10-15-8-9-16(19(28)29)11-17(15)20(30)31)18(13)12-32-27-21(22(2,3)4)23(24,25)26/h5-9,11H,10,12H2,1-4H3,(H,28,29)(H,30,31). The van der Waals surface area contributed by atoms with E-state index in [4.69, 9.17) is 9.94 Å². The maximum Gasteiger partial charge on any atom is 0.433 e. The van der Waals surface area contributed by atoms with Crippen LogP contribution >= 0.6 is 0 Å². The molecule has 0 unspecified atom stereocenters. The highest BCUT2D eigenvalue weighted by Crippen LogP contribution is 2.30. The quantitative estimate of drug-likeness (QED) is 0.430. The minimum atomic E-state index is -4.64. The molecule has 0 aromatic heterocycles. The number of carboxylic acid groups (broad SMARTS) is 2. The summed E-state index contributed by atoms with van der Waals surface area (Å²) in [6, 6.07) is 9.00. The number of rotatable bonds is 7. The van der Waals surface area contributed by atoms with E-state index in [-0.39, 0.29) is 24.2 Å². The molecule has 0 saturated carbocycles. The zero-order chi connectivity index (χ0) is 24.3. The van der Waals surface area contributed by atoms with E-state index in [1.165, 1.54) is 32.9 Å². The molecule has 6 nitrogen and oxygen atoms in total. The second-order valence-electron chi connectivity index (χ2n) is 8.33. The van der Waals surface area contributed by atoms with Crippen LogP contribution in [0.5, 0.6) is 0 Å². The molecule has 9 heteroatoms. The van der Waals surface area contributed by atoms with Gasteiger partial charge in [0, 0.05) is 5.41 Å². The van der Waals surface area contributed by atoms with Crippen LogP contribution in [0.4, 0.5) is 13.2 Å². The Morgan fingerprint density at radius 2 is 1.66 bits per heavy atom. The first-order chi connectivity index (χ1) is 14.7. The van der Waals surface area contributed by atoms with Crippen molar-refractivity contribution in [2.75, 3.05) is 0 Å². The number of aromatic carboxylic acids is 2. The van der Waals surface area contributed by atoms with Gasteiger partial charge in [-0.3, -0.25) is 0 Å². The average Bonchev–Trinajstić information content (AvgIpc) is 2.64. The smallest absolute Gasteiger partial charge is 0.433 e. The van der Waals surface area contributed by atoms with Gasteiger partial charge >= 0.3 is 18.1 Å². The lowest BCUT2D eigenvalue weighted by Crippen LogP contribution is -2.35. The van der Waals surface area contributed by atoms with Crippen LogP contribution in [0.2, 0.25) is 0 Å². The van der Waals surface area contributed by atoms with Gasteiger partial charge in [-0.2, -0.15) is 13.2 Å². The molecule has 2 aromatic rings. The molecule has 2 rings (SSSR count). The van der Waals surface area contributed by atoms with E-state index in [0.717, 1.165) is 11.6 Å². The number of oxime groups is 1. The summed E-state index contributed by atoms with van der Waals surface area (Å²) < 4.78 is 39.9. The van der Waals surface area contributed by atoms with E-state index in [9.17, 15) is 27.9 Å². The Kier molecular flexibility index (Phi) is 7.33. The van der Waals surface area contributed by atoms with E-state index in [2.05, 4.69) is 5.16 Å². The molecule has 0 aliphatic carbocycles. The number of aryl methyl sites for hydroxylation is 1. The van der Waals surface area contributed by atoms with Gasteiger partial charge in [-0.15, -0.1) is 0 Å². The van der Waals surface area contributed by atoms with E-state index >= 15 is 0 Å². The average molecular weight is 451 g/mol. The van der Waals surface area contributed by atoms with Gasteiger partial charge in [-0.1, -0.05) is 50.2 Å². The van der Waals surface area contributed by atoms with Crippen molar-refractivity contribution in [3.63, 3.8) is 0 Å². The third-order valence-corrected chi connectivity index (χ3v) is 4.82. The van der Waals surface area contributed by atoms with Crippen molar-refractivity contribution in [1.29, 1.82) is 0 Å². The first kappa shape index (κ1) is 24.9. The number of hydrogen-bond donors (Lipinski definition) is 2.